The Labute approximate surface area is 123 Å². The highest BCUT2D eigenvalue weighted by Crippen LogP contribution is 2.25. The van der Waals surface area contributed by atoms with Gasteiger partial charge in [-0.05, 0) is 38.0 Å². The van der Waals surface area contributed by atoms with Crippen LogP contribution in [-0.2, 0) is 14.2 Å². The standard InChI is InChI=1S/C16H32O4/c1-4-14(17)12-20-11-13-9-15(18-2)7-5-6-8-16(10-13)19-3/h13-17H,4-12H2,1-3H3. The lowest BCUT2D eigenvalue weighted by Crippen LogP contribution is -2.25. The molecule has 0 amide bonds. The van der Waals surface area contributed by atoms with E-state index >= 15 is 0 Å². The topological polar surface area (TPSA) is 47.9 Å². The van der Waals surface area contributed by atoms with Crippen LogP contribution in [-0.4, -0.2) is 50.9 Å². The van der Waals surface area contributed by atoms with Crippen LogP contribution in [0.4, 0.5) is 0 Å². The number of hydrogen-bond donors (Lipinski definition) is 1. The first-order valence-electron chi connectivity index (χ1n) is 8.00. The quantitative estimate of drug-likeness (QED) is 0.782. The Hall–Kier alpha value is -0.160. The normalized spacial score (nSPS) is 30.3. The van der Waals surface area contributed by atoms with Gasteiger partial charge in [-0.15, -0.1) is 0 Å². The predicted molar refractivity (Wildman–Crippen MR) is 79.9 cm³/mol. The fourth-order valence-electron chi connectivity index (χ4n) is 2.87. The van der Waals surface area contributed by atoms with Gasteiger partial charge in [0.15, 0.2) is 0 Å². The van der Waals surface area contributed by atoms with Crippen LogP contribution in [0.1, 0.15) is 51.9 Å². The van der Waals surface area contributed by atoms with Crippen molar-refractivity contribution in [2.24, 2.45) is 5.92 Å². The van der Waals surface area contributed by atoms with Crippen molar-refractivity contribution in [3.8, 4) is 0 Å². The molecule has 0 radical (unpaired) electrons. The number of methoxy groups -OCH3 is 2. The summed E-state index contributed by atoms with van der Waals surface area (Å²) in [7, 11) is 3.60. The summed E-state index contributed by atoms with van der Waals surface area (Å²) in [6.45, 7) is 3.09. The first-order chi connectivity index (χ1) is 9.69. The molecule has 0 aromatic heterocycles. The van der Waals surface area contributed by atoms with E-state index in [1.54, 1.807) is 14.2 Å². The molecule has 120 valence electrons. The van der Waals surface area contributed by atoms with Crippen LogP contribution in [0.15, 0.2) is 0 Å². The summed E-state index contributed by atoms with van der Waals surface area (Å²) >= 11 is 0. The molecule has 1 fully saturated rings. The molecule has 3 unspecified atom stereocenters. The number of aliphatic hydroxyl groups is 1. The number of ether oxygens (including phenoxy) is 3. The van der Waals surface area contributed by atoms with E-state index in [9.17, 15) is 5.11 Å². The van der Waals surface area contributed by atoms with Gasteiger partial charge in [0.05, 0.1) is 24.9 Å². The second-order valence-corrected chi connectivity index (χ2v) is 5.94. The van der Waals surface area contributed by atoms with E-state index in [-0.39, 0.29) is 6.10 Å². The van der Waals surface area contributed by atoms with Crippen LogP contribution in [0.25, 0.3) is 0 Å². The minimum atomic E-state index is -0.345. The number of hydrogen-bond acceptors (Lipinski definition) is 4. The van der Waals surface area contributed by atoms with Gasteiger partial charge in [0.25, 0.3) is 0 Å². The van der Waals surface area contributed by atoms with Crippen LogP contribution in [0.3, 0.4) is 0 Å². The molecule has 0 aliphatic heterocycles. The van der Waals surface area contributed by atoms with E-state index in [4.69, 9.17) is 14.2 Å². The molecule has 0 spiro atoms. The van der Waals surface area contributed by atoms with Crippen molar-refractivity contribution >= 4 is 0 Å². The van der Waals surface area contributed by atoms with Gasteiger partial charge in [0.1, 0.15) is 0 Å². The third kappa shape index (κ3) is 7.02. The van der Waals surface area contributed by atoms with E-state index < -0.39 is 0 Å². The lowest BCUT2D eigenvalue weighted by molar-refractivity contribution is -0.0102. The minimum absolute atomic E-state index is 0.329. The van der Waals surface area contributed by atoms with Gasteiger partial charge in [-0.3, -0.25) is 0 Å². The molecule has 20 heavy (non-hydrogen) atoms. The molecule has 4 nitrogen and oxygen atoms in total. The second-order valence-electron chi connectivity index (χ2n) is 5.94. The van der Waals surface area contributed by atoms with E-state index in [1.165, 1.54) is 12.8 Å². The van der Waals surface area contributed by atoms with Gasteiger partial charge < -0.3 is 19.3 Å². The Morgan fingerprint density at radius 3 is 2.05 bits per heavy atom. The van der Waals surface area contributed by atoms with Gasteiger partial charge >= 0.3 is 0 Å². The van der Waals surface area contributed by atoms with Crippen molar-refractivity contribution in [2.75, 3.05) is 27.4 Å². The third-order valence-corrected chi connectivity index (χ3v) is 4.30. The molecule has 1 saturated carbocycles. The molecule has 4 heteroatoms. The van der Waals surface area contributed by atoms with Gasteiger partial charge in [0.2, 0.25) is 0 Å². The highest BCUT2D eigenvalue weighted by atomic mass is 16.5. The molecule has 1 rings (SSSR count). The van der Waals surface area contributed by atoms with Gasteiger partial charge in [-0.1, -0.05) is 19.8 Å². The molecule has 0 aromatic carbocycles. The summed E-state index contributed by atoms with van der Waals surface area (Å²) < 4.78 is 16.9. The van der Waals surface area contributed by atoms with Crippen molar-refractivity contribution < 1.29 is 19.3 Å². The summed E-state index contributed by atoms with van der Waals surface area (Å²) in [5.41, 5.74) is 0. The lowest BCUT2D eigenvalue weighted by Gasteiger charge is -2.24. The van der Waals surface area contributed by atoms with E-state index in [0.717, 1.165) is 32.1 Å². The van der Waals surface area contributed by atoms with Crippen molar-refractivity contribution in [3.63, 3.8) is 0 Å². The molecule has 0 saturated heterocycles. The molecule has 0 bridgehead atoms. The van der Waals surface area contributed by atoms with Crippen molar-refractivity contribution in [2.45, 2.75) is 70.2 Å². The first-order valence-corrected chi connectivity index (χ1v) is 8.00. The summed E-state index contributed by atoms with van der Waals surface area (Å²) in [6, 6.07) is 0. The Balaban J connectivity index is 2.46. The molecule has 1 aliphatic rings. The largest absolute Gasteiger partial charge is 0.391 e. The van der Waals surface area contributed by atoms with Crippen LogP contribution < -0.4 is 0 Å². The Morgan fingerprint density at radius 1 is 1.05 bits per heavy atom. The van der Waals surface area contributed by atoms with Gasteiger partial charge in [-0.25, -0.2) is 0 Å². The van der Waals surface area contributed by atoms with E-state index in [0.29, 0.717) is 31.3 Å². The molecule has 1 N–H and O–H groups in total. The Kier molecular flexibility index (Phi) is 9.44. The van der Waals surface area contributed by atoms with Crippen molar-refractivity contribution in [3.05, 3.63) is 0 Å². The smallest absolute Gasteiger partial charge is 0.0771 e. The van der Waals surface area contributed by atoms with Crippen LogP contribution >= 0.6 is 0 Å². The number of aliphatic hydroxyl groups excluding tert-OH is 1. The first kappa shape index (κ1) is 17.9. The maximum atomic E-state index is 9.55. The average Bonchev–Trinajstić information content (AvgIpc) is 2.57. The molecule has 0 aromatic rings. The Bertz CT molecular complexity index is 219. The maximum absolute atomic E-state index is 9.55. The van der Waals surface area contributed by atoms with Crippen LogP contribution in [0.5, 0.6) is 0 Å². The van der Waals surface area contributed by atoms with Crippen LogP contribution in [0, 0.1) is 5.92 Å². The number of rotatable bonds is 7. The van der Waals surface area contributed by atoms with Crippen molar-refractivity contribution in [1.29, 1.82) is 0 Å². The SMILES string of the molecule is CCC(O)COCC1CC(OC)CCCCC(OC)C1. The molecular formula is C16H32O4. The maximum Gasteiger partial charge on any atom is 0.0771 e. The zero-order valence-corrected chi connectivity index (χ0v) is 13.3. The highest BCUT2D eigenvalue weighted by Gasteiger charge is 2.23. The molecule has 0 heterocycles. The second kappa shape index (κ2) is 10.6. The summed E-state index contributed by atoms with van der Waals surface area (Å²) in [4.78, 5) is 0. The minimum Gasteiger partial charge on any atom is -0.391 e. The summed E-state index contributed by atoms with van der Waals surface area (Å²) in [5, 5.41) is 9.55. The summed E-state index contributed by atoms with van der Waals surface area (Å²) in [6.07, 6.45) is 7.78. The average molecular weight is 288 g/mol. The van der Waals surface area contributed by atoms with Crippen molar-refractivity contribution in [1.82, 2.24) is 0 Å². The van der Waals surface area contributed by atoms with Gasteiger partial charge in [-0.2, -0.15) is 0 Å². The lowest BCUT2D eigenvalue weighted by atomic mass is 9.95. The van der Waals surface area contributed by atoms with E-state index in [2.05, 4.69) is 0 Å². The fourth-order valence-corrected chi connectivity index (χ4v) is 2.87. The Morgan fingerprint density at radius 2 is 1.60 bits per heavy atom. The zero-order valence-electron chi connectivity index (χ0n) is 13.3. The predicted octanol–water partition coefficient (Wildman–Crippen LogP) is 2.77. The molecule has 1 aliphatic carbocycles. The summed E-state index contributed by atoms with van der Waals surface area (Å²) in [5.74, 6) is 0.451. The van der Waals surface area contributed by atoms with E-state index in [1.807, 2.05) is 6.92 Å². The van der Waals surface area contributed by atoms with Gasteiger partial charge in [0, 0.05) is 20.8 Å². The fraction of sp³-hybridized carbons (Fsp3) is 1.00. The van der Waals surface area contributed by atoms with Crippen LogP contribution in [0.2, 0.25) is 0 Å². The highest BCUT2D eigenvalue weighted by molar-refractivity contribution is 4.74. The third-order valence-electron chi connectivity index (χ3n) is 4.30. The monoisotopic (exact) mass is 288 g/mol. The molecule has 3 atom stereocenters. The zero-order chi connectivity index (χ0) is 14.8. The molecular weight excluding hydrogens is 256 g/mol.